The van der Waals surface area contributed by atoms with Gasteiger partial charge in [-0.05, 0) is 186 Å². The Labute approximate surface area is 404 Å². The molecule has 9 aromatic rings. The minimum Gasteiger partial charge on any atom is -0.497 e. The zero-order chi connectivity index (χ0) is 49.0. The maximum absolute atomic E-state index is 5.37. The number of aryl methyl sites for hydroxylation is 7. The van der Waals surface area contributed by atoms with Gasteiger partial charge in [-0.2, -0.15) is 0 Å². The van der Waals surface area contributed by atoms with Gasteiger partial charge in [-0.1, -0.05) is 86.2 Å². The lowest BCUT2D eigenvalue weighted by molar-refractivity contribution is 0.415. The maximum Gasteiger partial charge on any atom is 0.119 e. The molecule has 0 saturated heterocycles. The standard InChI is InChI=1S/C22H25NO.C21H23NO.C19H19NO/c1-14-9-15(2)11-17(10-14)21-19(22(3,4)5)13-16-12-18(24-6)7-8-20(16)23-21;1-13(2)19-12-16-11-18(23-5)6-7-20(16)22-21(19)17-9-14(3)8-15(4)10-17;1-12-7-13(2)9-16(8-12)19-14(3)10-15-11-17(21-4)5-6-18(15)20-19/h7-13H,1-6H3;6-13H,1-5H3;5-11H,1-4H3. The highest BCUT2D eigenvalue weighted by Gasteiger charge is 2.22. The van der Waals surface area contributed by atoms with Gasteiger partial charge >= 0.3 is 0 Å². The molecule has 9 rings (SSSR count). The third-order valence-electron chi connectivity index (χ3n) is 12.2. The fourth-order valence-electron chi connectivity index (χ4n) is 9.06. The summed E-state index contributed by atoms with van der Waals surface area (Å²) < 4.78 is 16.0. The summed E-state index contributed by atoms with van der Waals surface area (Å²) in [6.45, 7) is 26.1. The zero-order valence-corrected chi connectivity index (χ0v) is 42.8. The highest BCUT2D eigenvalue weighted by molar-refractivity contribution is 5.87. The van der Waals surface area contributed by atoms with Crippen LogP contribution >= 0.6 is 0 Å². The molecule has 6 nitrogen and oxygen atoms in total. The summed E-state index contributed by atoms with van der Waals surface area (Å²) in [4.78, 5) is 14.8. The second-order valence-electron chi connectivity index (χ2n) is 19.7. The molecule has 0 aliphatic carbocycles. The van der Waals surface area contributed by atoms with Gasteiger partial charge in [0.15, 0.2) is 0 Å². The van der Waals surface area contributed by atoms with Crippen molar-refractivity contribution in [2.75, 3.05) is 21.3 Å². The molecular formula is C62H67N3O3. The Balaban J connectivity index is 0.000000151. The van der Waals surface area contributed by atoms with Crippen LogP contribution in [-0.4, -0.2) is 36.3 Å². The highest BCUT2D eigenvalue weighted by Crippen LogP contribution is 2.37. The predicted octanol–water partition coefficient (Wildman–Crippen LogP) is 16.3. The molecule has 0 bridgehead atoms. The number of methoxy groups -OCH3 is 3. The summed E-state index contributed by atoms with van der Waals surface area (Å²) in [5, 5.41) is 3.36. The fourth-order valence-corrected chi connectivity index (χ4v) is 9.06. The molecule has 0 aliphatic rings. The van der Waals surface area contributed by atoms with Crippen molar-refractivity contribution in [3.05, 3.63) is 177 Å². The third kappa shape index (κ3) is 11.4. The van der Waals surface area contributed by atoms with E-state index >= 15 is 0 Å². The Morgan fingerprint density at radius 1 is 0.382 bits per heavy atom. The minimum absolute atomic E-state index is 0.0112. The van der Waals surface area contributed by atoms with E-state index in [0.717, 1.165) is 67.0 Å². The molecule has 0 aliphatic heterocycles. The van der Waals surface area contributed by atoms with Gasteiger partial charge in [0.05, 0.1) is 55.0 Å². The first-order valence-electron chi connectivity index (χ1n) is 23.5. The van der Waals surface area contributed by atoms with Gasteiger partial charge in [0.1, 0.15) is 17.2 Å². The first-order chi connectivity index (χ1) is 32.3. The van der Waals surface area contributed by atoms with Crippen LogP contribution in [0.4, 0.5) is 0 Å². The molecule has 68 heavy (non-hydrogen) atoms. The SMILES string of the molecule is COc1ccc2nc(-c3cc(C)cc(C)c3)c(C(C)(C)C)cc2c1.COc1ccc2nc(-c3cc(C)cc(C)c3)c(C(C)C)cc2c1.COc1ccc2nc(-c3cc(C)cc(C)c3)c(C)cc2c1. The molecule has 6 heteroatoms. The van der Waals surface area contributed by atoms with E-state index in [4.69, 9.17) is 29.2 Å². The summed E-state index contributed by atoms with van der Waals surface area (Å²) in [7, 11) is 5.08. The van der Waals surface area contributed by atoms with E-state index in [1.54, 1.807) is 21.3 Å². The van der Waals surface area contributed by atoms with Gasteiger partial charge in [-0.15, -0.1) is 0 Å². The number of nitrogens with zero attached hydrogens (tertiary/aromatic N) is 3. The van der Waals surface area contributed by atoms with Crippen molar-refractivity contribution in [3.63, 3.8) is 0 Å². The number of hydrogen-bond acceptors (Lipinski definition) is 6. The lowest BCUT2D eigenvalue weighted by atomic mass is 9.83. The number of aromatic nitrogens is 3. The Morgan fingerprint density at radius 2 is 0.721 bits per heavy atom. The van der Waals surface area contributed by atoms with Crippen LogP contribution in [0.25, 0.3) is 66.5 Å². The Morgan fingerprint density at radius 3 is 1.10 bits per heavy atom. The van der Waals surface area contributed by atoms with Crippen LogP contribution in [0.5, 0.6) is 17.2 Å². The summed E-state index contributed by atoms with van der Waals surface area (Å²) in [6, 6.07) is 44.7. The van der Waals surface area contributed by atoms with Crippen LogP contribution in [0.1, 0.15) is 90.6 Å². The summed E-state index contributed by atoms with van der Waals surface area (Å²) in [5.41, 5.74) is 21.1. The zero-order valence-electron chi connectivity index (χ0n) is 42.8. The molecule has 0 radical (unpaired) electrons. The number of pyridine rings is 3. The molecule has 0 atom stereocenters. The van der Waals surface area contributed by atoms with E-state index in [1.165, 1.54) is 66.8 Å². The van der Waals surface area contributed by atoms with Crippen molar-refractivity contribution in [2.24, 2.45) is 0 Å². The quantitative estimate of drug-likeness (QED) is 0.159. The van der Waals surface area contributed by atoms with E-state index in [1.807, 2.05) is 42.5 Å². The Bertz CT molecular complexity index is 3230. The number of benzene rings is 6. The van der Waals surface area contributed by atoms with Gasteiger partial charge in [-0.3, -0.25) is 0 Å². The molecule has 6 aromatic carbocycles. The molecular weight excluding hydrogens is 835 g/mol. The van der Waals surface area contributed by atoms with Crippen molar-refractivity contribution in [1.29, 1.82) is 0 Å². The van der Waals surface area contributed by atoms with Gasteiger partial charge < -0.3 is 14.2 Å². The van der Waals surface area contributed by atoms with Gasteiger partial charge in [-0.25, -0.2) is 15.0 Å². The molecule has 0 saturated carbocycles. The minimum atomic E-state index is 0.0112. The van der Waals surface area contributed by atoms with E-state index in [0.29, 0.717) is 5.92 Å². The highest BCUT2D eigenvalue weighted by atomic mass is 16.5. The van der Waals surface area contributed by atoms with Crippen LogP contribution in [0, 0.1) is 48.5 Å². The molecule has 3 aromatic heterocycles. The van der Waals surface area contributed by atoms with Crippen molar-refractivity contribution in [3.8, 4) is 51.0 Å². The molecule has 0 unspecified atom stereocenters. The monoisotopic (exact) mass is 902 g/mol. The van der Waals surface area contributed by atoms with Crippen LogP contribution in [-0.2, 0) is 5.41 Å². The number of hydrogen-bond donors (Lipinski definition) is 0. The lowest BCUT2D eigenvalue weighted by Gasteiger charge is -2.23. The lowest BCUT2D eigenvalue weighted by Crippen LogP contribution is -2.14. The normalized spacial score (nSPS) is 11.3. The Kier molecular flexibility index (Phi) is 14.7. The van der Waals surface area contributed by atoms with Crippen molar-refractivity contribution >= 4 is 32.7 Å². The van der Waals surface area contributed by atoms with E-state index in [2.05, 4.69) is 168 Å². The molecule has 348 valence electrons. The van der Waals surface area contributed by atoms with E-state index in [-0.39, 0.29) is 5.41 Å². The number of fused-ring (bicyclic) bond motifs is 3. The average molecular weight is 902 g/mol. The third-order valence-corrected chi connectivity index (χ3v) is 12.2. The van der Waals surface area contributed by atoms with E-state index in [9.17, 15) is 0 Å². The number of rotatable bonds is 7. The van der Waals surface area contributed by atoms with Crippen LogP contribution in [0.3, 0.4) is 0 Å². The smallest absolute Gasteiger partial charge is 0.119 e. The van der Waals surface area contributed by atoms with Crippen LogP contribution in [0.2, 0.25) is 0 Å². The summed E-state index contributed by atoms with van der Waals surface area (Å²) in [5.74, 6) is 3.01. The molecule has 0 amide bonds. The second kappa shape index (κ2) is 20.4. The van der Waals surface area contributed by atoms with Gasteiger partial charge in [0.25, 0.3) is 0 Å². The van der Waals surface area contributed by atoms with E-state index < -0.39 is 0 Å². The van der Waals surface area contributed by atoms with Crippen molar-refractivity contribution in [2.45, 2.75) is 94.4 Å². The molecule has 3 heterocycles. The summed E-state index contributed by atoms with van der Waals surface area (Å²) >= 11 is 0. The van der Waals surface area contributed by atoms with Crippen molar-refractivity contribution in [1.82, 2.24) is 15.0 Å². The molecule has 0 fully saturated rings. The summed E-state index contributed by atoms with van der Waals surface area (Å²) in [6.07, 6.45) is 0. The molecule has 0 spiro atoms. The van der Waals surface area contributed by atoms with Gasteiger partial charge in [0, 0.05) is 32.8 Å². The predicted molar refractivity (Wildman–Crippen MR) is 287 cm³/mol. The average Bonchev–Trinajstić information content (AvgIpc) is 3.29. The second-order valence-corrected chi connectivity index (χ2v) is 19.7. The number of ether oxygens (including phenoxy) is 3. The van der Waals surface area contributed by atoms with Crippen LogP contribution in [0.15, 0.2) is 127 Å². The first-order valence-corrected chi connectivity index (χ1v) is 23.5. The topological polar surface area (TPSA) is 66.4 Å². The van der Waals surface area contributed by atoms with Crippen molar-refractivity contribution < 1.29 is 14.2 Å². The first kappa shape index (κ1) is 48.9. The van der Waals surface area contributed by atoms with Crippen LogP contribution < -0.4 is 14.2 Å². The largest absolute Gasteiger partial charge is 0.497 e. The van der Waals surface area contributed by atoms with Gasteiger partial charge in [0.2, 0.25) is 0 Å². The molecule has 0 N–H and O–H groups in total. The fraction of sp³-hybridized carbons (Fsp3) is 0.274. The maximum atomic E-state index is 5.37. The Hall–Kier alpha value is -7.05.